The second-order valence-electron chi connectivity index (χ2n) is 4.11. The zero-order valence-corrected chi connectivity index (χ0v) is 8.42. The lowest BCUT2D eigenvalue weighted by Crippen LogP contribution is -2.31. The van der Waals surface area contributed by atoms with E-state index in [0.29, 0.717) is 18.4 Å². The molecule has 1 aromatic carbocycles. The number of aliphatic hydroxyl groups excluding tert-OH is 1. The molecule has 2 rings (SSSR count). The van der Waals surface area contributed by atoms with Crippen molar-refractivity contribution < 1.29 is 13.9 Å². The minimum atomic E-state index is -2.70. The minimum absolute atomic E-state index is 0.0735. The van der Waals surface area contributed by atoms with Gasteiger partial charge in [0.1, 0.15) is 0 Å². The van der Waals surface area contributed by atoms with Crippen molar-refractivity contribution in [3.63, 3.8) is 0 Å². The molecule has 0 unspecified atom stereocenters. The molecule has 0 heterocycles. The maximum absolute atomic E-state index is 13.8. The van der Waals surface area contributed by atoms with Gasteiger partial charge in [-0.1, -0.05) is 30.7 Å². The molecule has 1 aromatic rings. The van der Waals surface area contributed by atoms with Crippen LogP contribution in [0, 0.1) is 5.92 Å². The van der Waals surface area contributed by atoms with Crippen LogP contribution >= 0.6 is 0 Å². The van der Waals surface area contributed by atoms with Gasteiger partial charge in [0, 0.05) is 11.5 Å². The summed E-state index contributed by atoms with van der Waals surface area (Å²) in [7, 11) is 0. The second-order valence-corrected chi connectivity index (χ2v) is 4.11. The van der Waals surface area contributed by atoms with Crippen molar-refractivity contribution in [2.24, 2.45) is 5.92 Å². The Morgan fingerprint density at radius 2 is 1.80 bits per heavy atom. The largest absolute Gasteiger partial charge is 0.392 e. The molecule has 1 saturated carbocycles. The Morgan fingerprint density at radius 1 is 1.20 bits per heavy atom. The average Bonchev–Trinajstić information content (AvgIpc) is 2.14. The molecule has 1 aliphatic carbocycles. The molecule has 0 saturated heterocycles. The molecule has 0 aliphatic heterocycles. The molecule has 1 aliphatic rings. The fourth-order valence-electron chi connectivity index (χ4n) is 1.84. The van der Waals surface area contributed by atoms with E-state index in [9.17, 15) is 8.78 Å². The number of halogens is 2. The van der Waals surface area contributed by atoms with Gasteiger partial charge in [-0.05, 0) is 18.4 Å². The van der Waals surface area contributed by atoms with Gasteiger partial charge in [0.25, 0.3) is 5.92 Å². The van der Waals surface area contributed by atoms with E-state index >= 15 is 0 Å². The molecular weight excluding hydrogens is 198 g/mol. The first-order valence-corrected chi connectivity index (χ1v) is 5.22. The standard InChI is InChI=1S/C12H14F2O/c13-12(14,10-2-1-3-10)11-6-4-9(8-15)5-7-11/h4-7,10,15H,1-3,8H2. The Morgan fingerprint density at radius 3 is 2.20 bits per heavy atom. The number of alkyl halides is 2. The van der Waals surface area contributed by atoms with Crippen molar-refractivity contribution in [2.75, 3.05) is 0 Å². The number of hydrogen-bond donors (Lipinski definition) is 1. The molecule has 3 heteroatoms. The fraction of sp³-hybridized carbons (Fsp3) is 0.500. The Balaban J connectivity index is 2.20. The summed E-state index contributed by atoms with van der Waals surface area (Å²) >= 11 is 0. The van der Waals surface area contributed by atoms with Crippen LogP contribution < -0.4 is 0 Å². The number of benzene rings is 1. The molecule has 0 radical (unpaired) electrons. The number of hydrogen-bond acceptors (Lipinski definition) is 1. The third-order valence-corrected chi connectivity index (χ3v) is 3.14. The molecule has 1 fully saturated rings. The summed E-state index contributed by atoms with van der Waals surface area (Å²) in [6, 6.07) is 5.96. The highest BCUT2D eigenvalue weighted by atomic mass is 19.3. The maximum Gasteiger partial charge on any atom is 0.276 e. The van der Waals surface area contributed by atoms with Crippen LogP contribution in [0.15, 0.2) is 24.3 Å². The Bertz CT molecular complexity index is 328. The van der Waals surface area contributed by atoms with Gasteiger partial charge < -0.3 is 5.11 Å². The minimum Gasteiger partial charge on any atom is -0.392 e. The quantitative estimate of drug-likeness (QED) is 0.816. The van der Waals surface area contributed by atoms with E-state index in [-0.39, 0.29) is 12.2 Å². The summed E-state index contributed by atoms with van der Waals surface area (Å²) in [6.45, 7) is -0.102. The van der Waals surface area contributed by atoms with Gasteiger partial charge >= 0.3 is 0 Å². The van der Waals surface area contributed by atoms with Gasteiger partial charge in [0.05, 0.1) is 6.61 Å². The van der Waals surface area contributed by atoms with E-state index < -0.39 is 11.8 Å². The van der Waals surface area contributed by atoms with Crippen LogP contribution in [0.3, 0.4) is 0 Å². The van der Waals surface area contributed by atoms with E-state index in [1.54, 1.807) is 12.1 Å². The van der Waals surface area contributed by atoms with Crippen molar-refractivity contribution in [1.29, 1.82) is 0 Å². The zero-order chi connectivity index (χ0) is 10.9. The topological polar surface area (TPSA) is 20.2 Å². The normalized spacial score (nSPS) is 17.5. The summed E-state index contributed by atoms with van der Waals surface area (Å²) in [5, 5.41) is 8.81. The SMILES string of the molecule is OCc1ccc(C(F)(F)C2CCC2)cc1. The van der Waals surface area contributed by atoms with Crippen molar-refractivity contribution in [3.05, 3.63) is 35.4 Å². The highest BCUT2D eigenvalue weighted by Gasteiger charge is 2.44. The molecule has 1 nitrogen and oxygen atoms in total. The van der Waals surface area contributed by atoms with Crippen LogP contribution in [-0.4, -0.2) is 5.11 Å². The third-order valence-electron chi connectivity index (χ3n) is 3.14. The summed E-state index contributed by atoms with van der Waals surface area (Å²) in [5.41, 5.74) is 0.743. The van der Waals surface area contributed by atoms with Gasteiger partial charge in [-0.2, -0.15) is 0 Å². The molecule has 0 atom stereocenters. The zero-order valence-electron chi connectivity index (χ0n) is 8.42. The monoisotopic (exact) mass is 212 g/mol. The van der Waals surface area contributed by atoms with Crippen LogP contribution in [0.4, 0.5) is 8.78 Å². The van der Waals surface area contributed by atoms with Crippen LogP contribution in [0.2, 0.25) is 0 Å². The summed E-state index contributed by atoms with van der Waals surface area (Å²) in [4.78, 5) is 0. The lowest BCUT2D eigenvalue weighted by Gasteiger charge is -2.33. The molecule has 0 aromatic heterocycles. The van der Waals surface area contributed by atoms with Crippen LogP contribution in [-0.2, 0) is 12.5 Å². The fourth-order valence-corrected chi connectivity index (χ4v) is 1.84. The van der Waals surface area contributed by atoms with Gasteiger partial charge in [0.2, 0.25) is 0 Å². The van der Waals surface area contributed by atoms with Gasteiger partial charge in [0.15, 0.2) is 0 Å². The van der Waals surface area contributed by atoms with E-state index in [1.165, 1.54) is 12.1 Å². The van der Waals surface area contributed by atoms with Gasteiger partial charge in [-0.25, -0.2) is 8.78 Å². The Labute approximate surface area is 87.7 Å². The number of aliphatic hydroxyl groups is 1. The maximum atomic E-state index is 13.8. The molecule has 0 bridgehead atoms. The highest BCUT2D eigenvalue weighted by Crippen LogP contribution is 2.46. The predicted molar refractivity (Wildman–Crippen MR) is 53.6 cm³/mol. The average molecular weight is 212 g/mol. The summed E-state index contributed by atoms with van der Waals surface area (Å²) in [5.74, 6) is -3.19. The van der Waals surface area contributed by atoms with Crippen LogP contribution in [0.5, 0.6) is 0 Å². The molecule has 0 spiro atoms. The van der Waals surface area contributed by atoms with Gasteiger partial charge in [-0.3, -0.25) is 0 Å². The first-order chi connectivity index (χ1) is 7.14. The Kier molecular flexibility index (Phi) is 2.74. The molecular formula is C12H14F2O. The van der Waals surface area contributed by atoms with E-state index in [1.807, 2.05) is 0 Å². The Hall–Kier alpha value is -0.960. The van der Waals surface area contributed by atoms with E-state index in [4.69, 9.17) is 5.11 Å². The van der Waals surface area contributed by atoms with E-state index in [2.05, 4.69) is 0 Å². The lowest BCUT2D eigenvalue weighted by atomic mass is 9.78. The number of rotatable bonds is 3. The van der Waals surface area contributed by atoms with Crippen molar-refractivity contribution in [2.45, 2.75) is 31.8 Å². The first-order valence-electron chi connectivity index (χ1n) is 5.22. The molecule has 0 amide bonds. The lowest BCUT2D eigenvalue weighted by molar-refractivity contribution is -0.0943. The van der Waals surface area contributed by atoms with Crippen molar-refractivity contribution >= 4 is 0 Å². The van der Waals surface area contributed by atoms with Crippen molar-refractivity contribution in [3.8, 4) is 0 Å². The second kappa shape index (κ2) is 3.89. The van der Waals surface area contributed by atoms with Crippen LogP contribution in [0.1, 0.15) is 30.4 Å². The molecule has 1 N–H and O–H groups in total. The van der Waals surface area contributed by atoms with Crippen LogP contribution in [0.25, 0.3) is 0 Å². The first kappa shape index (κ1) is 10.6. The molecule has 15 heavy (non-hydrogen) atoms. The summed E-state index contributed by atoms with van der Waals surface area (Å²) in [6.07, 6.45) is 2.15. The van der Waals surface area contributed by atoms with Crippen molar-refractivity contribution in [1.82, 2.24) is 0 Å². The third kappa shape index (κ3) is 1.88. The summed E-state index contributed by atoms with van der Waals surface area (Å²) < 4.78 is 27.5. The van der Waals surface area contributed by atoms with E-state index in [0.717, 1.165) is 6.42 Å². The predicted octanol–water partition coefficient (Wildman–Crippen LogP) is 3.07. The van der Waals surface area contributed by atoms with Gasteiger partial charge in [-0.15, -0.1) is 0 Å². The highest BCUT2D eigenvalue weighted by molar-refractivity contribution is 5.26. The molecule has 82 valence electrons. The smallest absolute Gasteiger partial charge is 0.276 e.